The molecular weight excluding hydrogens is 272 g/mol. The van der Waals surface area contributed by atoms with E-state index in [1.54, 1.807) is 4.90 Å². The minimum Gasteiger partial charge on any atom is -0.376 e. The van der Waals surface area contributed by atoms with Gasteiger partial charge in [-0.1, -0.05) is 31.2 Å². The van der Waals surface area contributed by atoms with Crippen molar-refractivity contribution in [1.29, 1.82) is 0 Å². The lowest BCUT2D eigenvalue weighted by Crippen LogP contribution is -2.35. The van der Waals surface area contributed by atoms with E-state index in [2.05, 4.69) is 24.4 Å². The number of nitrogens with one attached hydrogen (secondary N) is 1. The molecule has 1 N–H and O–H groups in total. The molecule has 3 heteroatoms. The van der Waals surface area contributed by atoms with Crippen molar-refractivity contribution in [3.05, 3.63) is 59.7 Å². The molecule has 22 heavy (non-hydrogen) atoms. The first-order chi connectivity index (χ1) is 10.6. The maximum Gasteiger partial charge on any atom is 0.246 e. The molecule has 2 rings (SSSR count). The highest BCUT2D eigenvalue weighted by Gasteiger charge is 2.13. The Morgan fingerprint density at radius 2 is 1.82 bits per heavy atom. The van der Waals surface area contributed by atoms with E-state index in [-0.39, 0.29) is 5.91 Å². The van der Waals surface area contributed by atoms with Gasteiger partial charge in [-0.2, -0.15) is 0 Å². The first-order valence-electron chi connectivity index (χ1n) is 7.84. The summed E-state index contributed by atoms with van der Waals surface area (Å²) in [7, 11) is 0. The zero-order valence-corrected chi connectivity index (χ0v) is 13.6. The van der Waals surface area contributed by atoms with Gasteiger partial charge in [0.15, 0.2) is 0 Å². The van der Waals surface area contributed by atoms with E-state index in [1.165, 1.54) is 5.56 Å². The lowest BCUT2D eigenvalue weighted by atomic mass is 10.1. The molecule has 3 nitrogen and oxygen atoms in total. The SMILES string of the molecule is CCc1ccc(NCC(=O)N(CC)c2cccc(C)c2)cc1. The zero-order chi connectivity index (χ0) is 15.9. The number of carbonyl (C=O) groups is 1. The fourth-order valence-electron chi connectivity index (χ4n) is 2.43. The minimum atomic E-state index is 0.0765. The van der Waals surface area contributed by atoms with Gasteiger partial charge in [-0.3, -0.25) is 4.79 Å². The number of rotatable bonds is 6. The molecule has 2 aromatic carbocycles. The third kappa shape index (κ3) is 4.10. The van der Waals surface area contributed by atoms with Crippen LogP contribution in [0.25, 0.3) is 0 Å². The first-order valence-corrected chi connectivity index (χ1v) is 7.84. The number of nitrogens with zero attached hydrogens (tertiary/aromatic N) is 1. The average molecular weight is 296 g/mol. The minimum absolute atomic E-state index is 0.0765. The van der Waals surface area contributed by atoms with Gasteiger partial charge < -0.3 is 10.2 Å². The Hall–Kier alpha value is -2.29. The number of amides is 1. The molecule has 0 spiro atoms. The normalized spacial score (nSPS) is 10.3. The summed E-state index contributed by atoms with van der Waals surface area (Å²) in [6.45, 7) is 7.13. The second-order valence-electron chi connectivity index (χ2n) is 5.38. The van der Waals surface area contributed by atoms with Crippen LogP contribution in [0.2, 0.25) is 0 Å². The molecule has 0 saturated heterocycles. The average Bonchev–Trinajstić information content (AvgIpc) is 2.54. The third-order valence-electron chi connectivity index (χ3n) is 3.74. The number of anilines is 2. The number of hydrogen-bond acceptors (Lipinski definition) is 2. The Bertz CT molecular complexity index is 620. The molecule has 2 aromatic rings. The molecule has 0 atom stereocenters. The highest BCUT2D eigenvalue weighted by atomic mass is 16.2. The van der Waals surface area contributed by atoms with Gasteiger partial charge in [0.1, 0.15) is 0 Å². The van der Waals surface area contributed by atoms with Gasteiger partial charge in [0.2, 0.25) is 5.91 Å². The van der Waals surface area contributed by atoms with Crippen LogP contribution in [0.15, 0.2) is 48.5 Å². The van der Waals surface area contributed by atoms with Gasteiger partial charge in [-0.15, -0.1) is 0 Å². The molecule has 0 fully saturated rings. The van der Waals surface area contributed by atoms with Gasteiger partial charge in [0.05, 0.1) is 6.54 Å². The van der Waals surface area contributed by atoms with Crippen LogP contribution in [-0.2, 0) is 11.2 Å². The Balaban J connectivity index is 2.00. The van der Waals surface area contributed by atoms with Crippen molar-refractivity contribution in [2.45, 2.75) is 27.2 Å². The summed E-state index contributed by atoms with van der Waals surface area (Å²) in [6.07, 6.45) is 1.02. The molecule has 0 bridgehead atoms. The second-order valence-corrected chi connectivity index (χ2v) is 5.38. The molecule has 116 valence electrons. The molecule has 0 saturated carbocycles. The van der Waals surface area contributed by atoms with Crippen molar-refractivity contribution < 1.29 is 4.79 Å². The number of likely N-dealkylation sites (N-methyl/N-ethyl adjacent to an activating group) is 1. The molecule has 0 radical (unpaired) electrons. The van der Waals surface area contributed by atoms with Gasteiger partial charge in [-0.25, -0.2) is 0 Å². The maximum absolute atomic E-state index is 12.4. The van der Waals surface area contributed by atoms with Crippen molar-refractivity contribution in [2.75, 3.05) is 23.3 Å². The highest BCUT2D eigenvalue weighted by molar-refractivity contribution is 5.96. The lowest BCUT2D eigenvalue weighted by molar-refractivity contribution is -0.116. The second kappa shape index (κ2) is 7.64. The fourth-order valence-corrected chi connectivity index (χ4v) is 2.43. The standard InChI is InChI=1S/C19H24N2O/c1-4-16-9-11-17(12-10-16)20-14-19(22)21(5-2)18-8-6-7-15(3)13-18/h6-13,20H,4-5,14H2,1-3H3. The first kappa shape index (κ1) is 16.1. The largest absolute Gasteiger partial charge is 0.376 e. The van der Waals surface area contributed by atoms with Crippen LogP contribution in [-0.4, -0.2) is 19.0 Å². The van der Waals surface area contributed by atoms with E-state index in [0.717, 1.165) is 23.4 Å². The van der Waals surface area contributed by atoms with Gasteiger partial charge in [-0.05, 0) is 55.7 Å². The number of benzene rings is 2. The Kier molecular flexibility index (Phi) is 5.59. The van der Waals surface area contributed by atoms with Crippen LogP contribution in [0.4, 0.5) is 11.4 Å². The lowest BCUT2D eigenvalue weighted by Gasteiger charge is -2.22. The van der Waals surface area contributed by atoms with Crippen molar-refractivity contribution >= 4 is 17.3 Å². The third-order valence-corrected chi connectivity index (χ3v) is 3.74. The fraction of sp³-hybridized carbons (Fsp3) is 0.316. The Morgan fingerprint density at radius 1 is 1.09 bits per heavy atom. The van der Waals surface area contributed by atoms with Crippen LogP contribution in [0.3, 0.4) is 0 Å². The number of aryl methyl sites for hydroxylation is 2. The predicted molar refractivity (Wildman–Crippen MR) is 93.5 cm³/mol. The van der Waals surface area contributed by atoms with Gasteiger partial charge in [0, 0.05) is 17.9 Å². The van der Waals surface area contributed by atoms with E-state index in [1.807, 2.05) is 50.2 Å². The van der Waals surface area contributed by atoms with Crippen LogP contribution >= 0.6 is 0 Å². The zero-order valence-electron chi connectivity index (χ0n) is 13.6. The quantitative estimate of drug-likeness (QED) is 0.873. The summed E-state index contributed by atoms with van der Waals surface area (Å²) in [4.78, 5) is 14.3. The molecule has 0 heterocycles. The summed E-state index contributed by atoms with van der Waals surface area (Å²) < 4.78 is 0. The molecule has 0 aliphatic rings. The number of hydrogen-bond donors (Lipinski definition) is 1. The van der Waals surface area contributed by atoms with Crippen molar-refractivity contribution in [1.82, 2.24) is 0 Å². The van der Waals surface area contributed by atoms with E-state index in [4.69, 9.17) is 0 Å². The summed E-state index contributed by atoms with van der Waals surface area (Å²) in [5.74, 6) is 0.0765. The van der Waals surface area contributed by atoms with Gasteiger partial charge >= 0.3 is 0 Å². The Morgan fingerprint density at radius 3 is 2.41 bits per heavy atom. The topological polar surface area (TPSA) is 32.3 Å². The summed E-state index contributed by atoms with van der Waals surface area (Å²) >= 11 is 0. The van der Waals surface area contributed by atoms with Crippen LogP contribution in [0.1, 0.15) is 25.0 Å². The van der Waals surface area contributed by atoms with E-state index in [9.17, 15) is 4.79 Å². The summed E-state index contributed by atoms with van der Waals surface area (Å²) in [5.41, 5.74) is 4.39. The molecule has 1 amide bonds. The smallest absolute Gasteiger partial charge is 0.246 e. The molecule has 0 unspecified atom stereocenters. The van der Waals surface area contributed by atoms with Crippen LogP contribution < -0.4 is 10.2 Å². The molecule has 0 aliphatic heterocycles. The summed E-state index contributed by atoms with van der Waals surface area (Å²) in [5, 5.41) is 3.20. The monoisotopic (exact) mass is 296 g/mol. The Labute approximate surface area is 133 Å². The van der Waals surface area contributed by atoms with Crippen molar-refractivity contribution in [2.24, 2.45) is 0 Å². The van der Waals surface area contributed by atoms with Crippen LogP contribution in [0.5, 0.6) is 0 Å². The predicted octanol–water partition coefficient (Wildman–Crippen LogP) is 4.02. The van der Waals surface area contributed by atoms with Crippen molar-refractivity contribution in [3.8, 4) is 0 Å². The molecular formula is C19H24N2O. The number of carbonyl (C=O) groups excluding carboxylic acids is 1. The van der Waals surface area contributed by atoms with E-state index >= 15 is 0 Å². The molecule has 0 aliphatic carbocycles. The highest BCUT2D eigenvalue weighted by Crippen LogP contribution is 2.16. The maximum atomic E-state index is 12.4. The van der Waals surface area contributed by atoms with Crippen molar-refractivity contribution in [3.63, 3.8) is 0 Å². The van der Waals surface area contributed by atoms with E-state index in [0.29, 0.717) is 13.1 Å². The van der Waals surface area contributed by atoms with E-state index < -0.39 is 0 Å². The summed E-state index contributed by atoms with van der Waals surface area (Å²) in [6, 6.07) is 16.3. The van der Waals surface area contributed by atoms with Gasteiger partial charge in [0.25, 0.3) is 0 Å². The van der Waals surface area contributed by atoms with Crippen LogP contribution in [0, 0.1) is 6.92 Å². The molecule has 0 aromatic heterocycles.